The number of rotatable bonds is 12. The van der Waals surface area contributed by atoms with Gasteiger partial charge in [0.25, 0.3) is 0 Å². The summed E-state index contributed by atoms with van der Waals surface area (Å²) in [5.74, 6) is -0.249. The SMILES string of the molecule is CCCCCCOC(CC(=O)OCc1nc(C)c(C)nc1C)C[N+](C)(C)C. The van der Waals surface area contributed by atoms with E-state index in [1.165, 1.54) is 19.3 Å². The second-order valence-electron chi connectivity index (χ2n) is 8.32. The first-order valence-corrected chi connectivity index (χ1v) is 10.0. The molecule has 1 heterocycles. The number of ether oxygens (including phenoxy) is 2. The molecule has 0 spiro atoms. The molecule has 1 aromatic rings. The number of unbranched alkanes of at least 4 members (excludes halogenated alkanes) is 3. The summed E-state index contributed by atoms with van der Waals surface area (Å²) in [5, 5.41) is 0. The molecule has 0 bridgehead atoms. The van der Waals surface area contributed by atoms with Gasteiger partial charge in [0.15, 0.2) is 0 Å². The molecule has 0 fully saturated rings. The van der Waals surface area contributed by atoms with Crippen LogP contribution in [0.2, 0.25) is 0 Å². The maximum Gasteiger partial charge on any atom is 0.309 e. The van der Waals surface area contributed by atoms with Crippen LogP contribution in [0.1, 0.15) is 61.8 Å². The van der Waals surface area contributed by atoms with Crippen molar-refractivity contribution in [2.24, 2.45) is 0 Å². The van der Waals surface area contributed by atoms with E-state index < -0.39 is 0 Å². The van der Waals surface area contributed by atoms with Crippen molar-refractivity contribution in [2.75, 3.05) is 34.3 Å². The third-order valence-electron chi connectivity index (χ3n) is 4.45. The molecule has 1 aromatic heterocycles. The van der Waals surface area contributed by atoms with E-state index in [1.54, 1.807) is 0 Å². The Morgan fingerprint density at radius 1 is 1.00 bits per heavy atom. The van der Waals surface area contributed by atoms with Gasteiger partial charge in [0.05, 0.1) is 50.3 Å². The Bertz CT molecular complexity index is 597. The molecule has 1 unspecified atom stereocenters. The van der Waals surface area contributed by atoms with Gasteiger partial charge in [-0.3, -0.25) is 14.8 Å². The highest BCUT2D eigenvalue weighted by molar-refractivity contribution is 5.70. The van der Waals surface area contributed by atoms with E-state index in [2.05, 4.69) is 38.0 Å². The molecule has 1 atom stereocenters. The minimum atomic E-state index is -0.249. The van der Waals surface area contributed by atoms with Gasteiger partial charge in [0.2, 0.25) is 0 Å². The molecule has 0 radical (unpaired) electrons. The molecule has 6 nitrogen and oxygen atoms in total. The number of carbonyl (C=O) groups is 1. The second-order valence-corrected chi connectivity index (χ2v) is 8.32. The van der Waals surface area contributed by atoms with Crippen molar-refractivity contribution >= 4 is 5.97 Å². The van der Waals surface area contributed by atoms with Crippen molar-refractivity contribution in [3.8, 4) is 0 Å². The van der Waals surface area contributed by atoms with Crippen molar-refractivity contribution in [2.45, 2.75) is 72.5 Å². The summed E-state index contributed by atoms with van der Waals surface area (Å²) >= 11 is 0. The molecule has 0 saturated carbocycles. The van der Waals surface area contributed by atoms with Crippen molar-refractivity contribution in [1.82, 2.24) is 9.97 Å². The maximum atomic E-state index is 12.4. The molecule has 0 saturated heterocycles. The monoisotopic (exact) mass is 380 g/mol. The fourth-order valence-electron chi connectivity index (χ4n) is 2.86. The number of quaternary nitrogens is 1. The van der Waals surface area contributed by atoms with Gasteiger partial charge in [-0.15, -0.1) is 0 Å². The lowest BCUT2D eigenvalue weighted by Crippen LogP contribution is -2.43. The summed E-state index contributed by atoms with van der Waals surface area (Å²) in [5.41, 5.74) is 3.29. The highest BCUT2D eigenvalue weighted by Crippen LogP contribution is 2.11. The van der Waals surface area contributed by atoms with Gasteiger partial charge in [0.1, 0.15) is 19.3 Å². The number of aryl methyl sites for hydroxylation is 3. The molecule has 27 heavy (non-hydrogen) atoms. The molecule has 154 valence electrons. The topological polar surface area (TPSA) is 61.3 Å². The van der Waals surface area contributed by atoms with Crippen LogP contribution in [0, 0.1) is 20.8 Å². The van der Waals surface area contributed by atoms with Crippen molar-refractivity contribution < 1.29 is 18.8 Å². The van der Waals surface area contributed by atoms with E-state index in [9.17, 15) is 4.79 Å². The quantitative estimate of drug-likeness (QED) is 0.315. The summed E-state index contributed by atoms with van der Waals surface area (Å²) in [6.07, 6.45) is 4.76. The van der Waals surface area contributed by atoms with Gasteiger partial charge in [-0.25, -0.2) is 0 Å². The number of esters is 1. The molecule has 0 amide bonds. The lowest BCUT2D eigenvalue weighted by Gasteiger charge is -2.29. The Morgan fingerprint density at radius 3 is 2.30 bits per heavy atom. The van der Waals surface area contributed by atoms with E-state index in [4.69, 9.17) is 9.47 Å². The van der Waals surface area contributed by atoms with Crippen LogP contribution < -0.4 is 0 Å². The molecular formula is C21H38N3O3+. The maximum absolute atomic E-state index is 12.4. The van der Waals surface area contributed by atoms with Gasteiger partial charge in [0, 0.05) is 6.61 Å². The Kier molecular flexibility index (Phi) is 9.88. The molecule has 0 N–H and O–H groups in total. The van der Waals surface area contributed by atoms with Crippen LogP contribution in [0.3, 0.4) is 0 Å². The van der Waals surface area contributed by atoms with Crippen LogP contribution in [-0.4, -0.2) is 60.8 Å². The molecule has 0 aliphatic heterocycles. The third kappa shape index (κ3) is 9.82. The fourth-order valence-corrected chi connectivity index (χ4v) is 2.86. The van der Waals surface area contributed by atoms with E-state index in [-0.39, 0.29) is 25.1 Å². The van der Waals surface area contributed by atoms with Crippen LogP contribution in [-0.2, 0) is 20.9 Å². The Morgan fingerprint density at radius 2 is 1.67 bits per heavy atom. The summed E-state index contributed by atoms with van der Waals surface area (Å²) < 4.78 is 12.2. The van der Waals surface area contributed by atoms with Crippen LogP contribution in [0.4, 0.5) is 0 Å². The van der Waals surface area contributed by atoms with E-state index in [0.717, 1.165) is 40.2 Å². The average molecular weight is 381 g/mol. The van der Waals surface area contributed by atoms with Gasteiger partial charge in [-0.05, 0) is 27.2 Å². The molecule has 0 aliphatic carbocycles. The standard InChI is InChI=1S/C21H38N3O3/c1-8-9-10-11-12-26-19(14-24(5,6)7)13-21(25)27-15-20-18(4)22-16(2)17(3)23-20/h19H,8-15H2,1-7H3/q+1. The highest BCUT2D eigenvalue weighted by Gasteiger charge is 2.23. The Hall–Kier alpha value is -1.53. The van der Waals surface area contributed by atoms with Gasteiger partial charge in [-0.1, -0.05) is 26.2 Å². The number of aromatic nitrogens is 2. The van der Waals surface area contributed by atoms with Crippen LogP contribution in [0.25, 0.3) is 0 Å². The number of hydrogen-bond donors (Lipinski definition) is 0. The molecule has 0 aliphatic rings. The summed E-state index contributed by atoms with van der Waals surface area (Å²) in [6.45, 7) is 9.55. The molecule has 0 aromatic carbocycles. The lowest BCUT2D eigenvalue weighted by atomic mass is 10.2. The number of nitrogens with zero attached hydrogens (tertiary/aromatic N) is 3. The first kappa shape index (κ1) is 23.5. The van der Waals surface area contributed by atoms with E-state index in [1.807, 2.05) is 20.8 Å². The minimum absolute atomic E-state index is 0.133. The summed E-state index contributed by atoms with van der Waals surface area (Å²) in [4.78, 5) is 21.3. The Labute approximate surface area is 164 Å². The highest BCUT2D eigenvalue weighted by atomic mass is 16.5. The number of carbonyl (C=O) groups excluding carboxylic acids is 1. The second kappa shape index (κ2) is 11.3. The predicted molar refractivity (Wildman–Crippen MR) is 107 cm³/mol. The number of hydrogen-bond acceptors (Lipinski definition) is 5. The van der Waals surface area contributed by atoms with Gasteiger partial charge in [-0.2, -0.15) is 0 Å². The first-order valence-electron chi connectivity index (χ1n) is 10.0. The number of likely N-dealkylation sites (N-methyl/N-ethyl adjacent to an activating group) is 1. The van der Waals surface area contributed by atoms with Crippen LogP contribution in [0.5, 0.6) is 0 Å². The smallest absolute Gasteiger partial charge is 0.309 e. The largest absolute Gasteiger partial charge is 0.459 e. The fraction of sp³-hybridized carbons (Fsp3) is 0.762. The zero-order chi connectivity index (χ0) is 20.4. The molecule has 6 heteroatoms. The van der Waals surface area contributed by atoms with Gasteiger partial charge >= 0.3 is 5.97 Å². The van der Waals surface area contributed by atoms with Crippen molar-refractivity contribution in [3.05, 3.63) is 22.8 Å². The summed E-state index contributed by atoms with van der Waals surface area (Å²) in [6, 6.07) is 0. The molecule has 1 rings (SSSR count). The molecular weight excluding hydrogens is 342 g/mol. The van der Waals surface area contributed by atoms with Crippen LogP contribution in [0.15, 0.2) is 0 Å². The Balaban J connectivity index is 2.55. The van der Waals surface area contributed by atoms with Crippen LogP contribution >= 0.6 is 0 Å². The van der Waals surface area contributed by atoms with E-state index >= 15 is 0 Å². The van der Waals surface area contributed by atoms with E-state index in [0.29, 0.717) is 6.61 Å². The lowest BCUT2D eigenvalue weighted by molar-refractivity contribution is -0.873. The first-order chi connectivity index (χ1) is 12.6. The zero-order valence-electron chi connectivity index (χ0n) is 18.3. The third-order valence-corrected chi connectivity index (χ3v) is 4.45. The van der Waals surface area contributed by atoms with Crippen molar-refractivity contribution in [3.63, 3.8) is 0 Å². The predicted octanol–water partition coefficient (Wildman–Crippen LogP) is 3.51. The van der Waals surface area contributed by atoms with Gasteiger partial charge < -0.3 is 14.0 Å². The summed E-state index contributed by atoms with van der Waals surface area (Å²) in [7, 11) is 6.31. The minimum Gasteiger partial charge on any atom is -0.459 e. The normalized spacial score (nSPS) is 12.9. The zero-order valence-corrected chi connectivity index (χ0v) is 18.3. The average Bonchev–Trinajstić information content (AvgIpc) is 2.55. The van der Waals surface area contributed by atoms with Crippen molar-refractivity contribution in [1.29, 1.82) is 0 Å².